The van der Waals surface area contributed by atoms with E-state index in [2.05, 4.69) is 31.0 Å². The molecule has 18 heavy (non-hydrogen) atoms. The van der Waals surface area contributed by atoms with Gasteiger partial charge in [0, 0.05) is 23.0 Å². The lowest BCUT2D eigenvalue weighted by atomic mass is 10.5. The number of thiophene rings is 1. The van der Waals surface area contributed by atoms with E-state index in [1.165, 1.54) is 22.7 Å². The minimum Gasteiger partial charge on any atom is -0.315 e. The molecule has 5 nitrogen and oxygen atoms in total. The number of nitrogens with one attached hydrogen (secondary N) is 2. The van der Waals surface area contributed by atoms with Crippen LogP contribution in [0.25, 0.3) is 0 Å². The lowest BCUT2D eigenvalue weighted by Crippen LogP contribution is -2.12. The van der Waals surface area contributed by atoms with Gasteiger partial charge < -0.3 is 5.32 Å². The largest absolute Gasteiger partial charge is 0.315 e. The van der Waals surface area contributed by atoms with Crippen LogP contribution in [0.1, 0.15) is 4.88 Å². The summed E-state index contributed by atoms with van der Waals surface area (Å²) in [5.74, 6) is 0. The highest BCUT2D eigenvalue weighted by Crippen LogP contribution is 2.32. The third kappa shape index (κ3) is 3.09. The summed E-state index contributed by atoms with van der Waals surface area (Å²) in [7, 11) is -1.76. The summed E-state index contributed by atoms with van der Waals surface area (Å²) in [5, 5.41) is 5.06. The number of anilines is 1. The van der Waals surface area contributed by atoms with Gasteiger partial charge in [-0.15, -0.1) is 22.7 Å². The SMILES string of the molecule is CNCc1cc(S(=O)(=O)Nc2nccs2)c(Br)s1. The van der Waals surface area contributed by atoms with E-state index >= 15 is 0 Å². The van der Waals surface area contributed by atoms with Crippen molar-refractivity contribution in [1.82, 2.24) is 10.3 Å². The molecule has 2 aromatic heterocycles. The average Bonchev–Trinajstić information content (AvgIpc) is 2.88. The number of nitrogens with zero attached hydrogens (tertiary/aromatic N) is 1. The summed E-state index contributed by atoms with van der Waals surface area (Å²) in [6.45, 7) is 0.635. The van der Waals surface area contributed by atoms with Crippen molar-refractivity contribution >= 4 is 53.8 Å². The van der Waals surface area contributed by atoms with Gasteiger partial charge in [-0.25, -0.2) is 13.4 Å². The molecule has 0 fully saturated rings. The Morgan fingerprint density at radius 1 is 1.50 bits per heavy atom. The number of hydrogen-bond acceptors (Lipinski definition) is 6. The molecule has 2 N–H and O–H groups in total. The Balaban J connectivity index is 2.29. The van der Waals surface area contributed by atoms with Gasteiger partial charge in [-0.2, -0.15) is 0 Å². The lowest BCUT2D eigenvalue weighted by Gasteiger charge is -2.02. The van der Waals surface area contributed by atoms with Gasteiger partial charge in [-0.3, -0.25) is 4.72 Å². The zero-order chi connectivity index (χ0) is 13.2. The van der Waals surface area contributed by atoms with Gasteiger partial charge in [0.2, 0.25) is 0 Å². The second-order valence-electron chi connectivity index (χ2n) is 3.32. The van der Waals surface area contributed by atoms with E-state index in [1.807, 2.05) is 7.05 Å². The molecule has 0 unspecified atom stereocenters. The molecule has 9 heteroatoms. The summed E-state index contributed by atoms with van der Waals surface area (Å²) in [6.07, 6.45) is 1.55. The fourth-order valence-corrected chi connectivity index (χ4v) is 5.77. The number of sulfonamides is 1. The Morgan fingerprint density at radius 3 is 2.89 bits per heavy atom. The van der Waals surface area contributed by atoms with Crippen molar-refractivity contribution in [2.75, 3.05) is 11.8 Å². The van der Waals surface area contributed by atoms with E-state index in [-0.39, 0.29) is 4.90 Å². The first-order valence-corrected chi connectivity index (χ1v) is 8.85. The van der Waals surface area contributed by atoms with Crippen LogP contribution in [-0.4, -0.2) is 20.4 Å². The van der Waals surface area contributed by atoms with Crippen molar-refractivity contribution in [1.29, 1.82) is 0 Å². The number of halogens is 1. The van der Waals surface area contributed by atoms with Crippen LogP contribution < -0.4 is 10.0 Å². The molecule has 0 amide bonds. The van der Waals surface area contributed by atoms with Crippen LogP contribution in [0.3, 0.4) is 0 Å². The Morgan fingerprint density at radius 2 is 2.28 bits per heavy atom. The maximum Gasteiger partial charge on any atom is 0.265 e. The normalized spacial score (nSPS) is 11.7. The molecule has 0 aliphatic carbocycles. The quantitative estimate of drug-likeness (QED) is 0.851. The predicted molar refractivity (Wildman–Crippen MR) is 77.7 cm³/mol. The van der Waals surface area contributed by atoms with Crippen LogP contribution in [0, 0.1) is 0 Å². The van der Waals surface area contributed by atoms with E-state index < -0.39 is 10.0 Å². The maximum atomic E-state index is 12.1. The highest BCUT2D eigenvalue weighted by molar-refractivity contribution is 9.11. The molecule has 0 bridgehead atoms. The molecule has 2 aromatic rings. The van der Waals surface area contributed by atoms with Crippen molar-refractivity contribution in [2.24, 2.45) is 0 Å². The van der Waals surface area contributed by atoms with Crippen molar-refractivity contribution in [3.05, 3.63) is 26.3 Å². The number of hydrogen-bond donors (Lipinski definition) is 2. The maximum absolute atomic E-state index is 12.1. The van der Waals surface area contributed by atoms with E-state index in [0.717, 1.165) is 4.88 Å². The minimum atomic E-state index is -3.58. The van der Waals surface area contributed by atoms with E-state index in [9.17, 15) is 8.42 Å². The molecule has 2 heterocycles. The summed E-state index contributed by atoms with van der Waals surface area (Å²) >= 11 is 5.92. The first kappa shape index (κ1) is 13.9. The molecule has 0 aliphatic heterocycles. The summed E-state index contributed by atoms with van der Waals surface area (Å²) in [6, 6.07) is 1.65. The highest BCUT2D eigenvalue weighted by atomic mass is 79.9. The standard InChI is InChI=1S/C9H10BrN3O2S3/c1-11-5-6-4-7(8(10)17-6)18(14,15)13-9-12-2-3-16-9/h2-4,11H,5H2,1H3,(H,12,13). The molecule has 0 aliphatic rings. The molecule has 0 atom stereocenters. The second kappa shape index (κ2) is 5.66. The molecule has 0 saturated heterocycles. The van der Waals surface area contributed by atoms with Crippen LogP contribution in [0.2, 0.25) is 0 Å². The molecule has 0 spiro atoms. The van der Waals surface area contributed by atoms with Crippen LogP contribution >= 0.6 is 38.6 Å². The van der Waals surface area contributed by atoms with Gasteiger partial charge in [0.15, 0.2) is 5.13 Å². The first-order valence-electron chi connectivity index (χ1n) is 4.88. The summed E-state index contributed by atoms with van der Waals surface area (Å²) in [5.41, 5.74) is 0. The summed E-state index contributed by atoms with van der Waals surface area (Å²) < 4.78 is 27.3. The number of rotatable bonds is 5. The fraction of sp³-hybridized carbons (Fsp3) is 0.222. The number of aromatic nitrogens is 1. The topological polar surface area (TPSA) is 71.1 Å². The zero-order valence-corrected chi connectivity index (χ0v) is 13.3. The van der Waals surface area contributed by atoms with Gasteiger partial charge in [-0.1, -0.05) is 0 Å². The smallest absolute Gasteiger partial charge is 0.265 e. The van der Waals surface area contributed by atoms with Crippen LogP contribution in [0.5, 0.6) is 0 Å². The van der Waals surface area contributed by atoms with Gasteiger partial charge >= 0.3 is 0 Å². The second-order valence-corrected chi connectivity index (χ2v) is 8.32. The van der Waals surface area contributed by atoms with E-state index in [0.29, 0.717) is 15.5 Å². The Labute approximate surface area is 121 Å². The highest BCUT2D eigenvalue weighted by Gasteiger charge is 2.21. The van der Waals surface area contributed by atoms with Gasteiger partial charge in [-0.05, 0) is 29.0 Å². The monoisotopic (exact) mass is 367 g/mol. The average molecular weight is 368 g/mol. The lowest BCUT2D eigenvalue weighted by molar-refractivity contribution is 0.601. The van der Waals surface area contributed by atoms with Gasteiger partial charge in [0.05, 0.1) is 3.79 Å². The molecular weight excluding hydrogens is 358 g/mol. The predicted octanol–water partition coefficient (Wildman–Crippen LogP) is 2.49. The number of thiazole rings is 1. The van der Waals surface area contributed by atoms with Crippen LogP contribution in [-0.2, 0) is 16.6 Å². The van der Waals surface area contributed by atoms with Crippen molar-refractivity contribution in [3.8, 4) is 0 Å². The Bertz CT molecular complexity index is 622. The van der Waals surface area contributed by atoms with E-state index in [4.69, 9.17) is 0 Å². The van der Waals surface area contributed by atoms with Crippen molar-refractivity contribution in [3.63, 3.8) is 0 Å². The van der Waals surface area contributed by atoms with Gasteiger partial charge in [0.25, 0.3) is 10.0 Å². The van der Waals surface area contributed by atoms with E-state index in [1.54, 1.807) is 17.6 Å². The first-order chi connectivity index (χ1) is 8.53. The molecule has 0 saturated carbocycles. The third-order valence-corrected chi connectivity index (χ3v) is 6.41. The molecule has 98 valence electrons. The third-order valence-electron chi connectivity index (χ3n) is 2.00. The fourth-order valence-electron chi connectivity index (χ4n) is 1.29. The molecular formula is C9H10BrN3O2S3. The molecule has 2 rings (SSSR count). The van der Waals surface area contributed by atoms with Crippen LogP contribution in [0.4, 0.5) is 5.13 Å². The summed E-state index contributed by atoms with van der Waals surface area (Å²) in [4.78, 5) is 5.10. The van der Waals surface area contributed by atoms with Crippen molar-refractivity contribution in [2.45, 2.75) is 11.4 Å². The molecule has 0 aromatic carbocycles. The zero-order valence-electron chi connectivity index (χ0n) is 9.31. The molecule has 0 radical (unpaired) electrons. The van der Waals surface area contributed by atoms with Crippen molar-refractivity contribution < 1.29 is 8.42 Å². The minimum absolute atomic E-state index is 0.243. The van der Waals surface area contributed by atoms with Crippen LogP contribution in [0.15, 0.2) is 26.3 Å². The van der Waals surface area contributed by atoms with Gasteiger partial charge in [0.1, 0.15) is 4.90 Å². The Hall–Kier alpha value is -0.480. The Kier molecular flexibility index (Phi) is 4.38.